The van der Waals surface area contributed by atoms with Gasteiger partial charge in [-0.1, -0.05) is 6.07 Å². The quantitative estimate of drug-likeness (QED) is 0.291. The number of carbonyl (C=O) groups excluding carboxylic acids is 2. The van der Waals surface area contributed by atoms with Crippen molar-refractivity contribution in [3.63, 3.8) is 0 Å². The Labute approximate surface area is 213 Å². The minimum Gasteiger partial charge on any atom is -0.507 e. The number of carbonyl (C=O) groups is 2. The van der Waals surface area contributed by atoms with E-state index >= 15 is 0 Å². The molecule has 0 spiro atoms. The SMILES string of the molecule is COc1ccc(/C(O)=C2\C(=O)C(=O)N(c3ccc(C#N)cc3)C2c2ccc(OC)c(OC)c2)c(OC)c1. The summed E-state index contributed by atoms with van der Waals surface area (Å²) < 4.78 is 21.4. The Bertz CT molecular complexity index is 1440. The van der Waals surface area contributed by atoms with E-state index in [1.165, 1.54) is 33.3 Å². The molecule has 3 aromatic rings. The van der Waals surface area contributed by atoms with E-state index in [0.717, 1.165) is 0 Å². The first kappa shape index (κ1) is 25.1. The number of nitrogens with zero attached hydrogens (tertiary/aromatic N) is 2. The fourth-order valence-corrected chi connectivity index (χ4v) is 4.27. The zero-order valence-electron chi connectivity index (χ0n) is 20.6. The molecule has 1 atom stereocenters. The predicted octanol–water partition coefficient (Wildman–Crippen LogP) is 4.22. The number of benzene rings is 3. The molecular formula is C28H24N2O7. The molecule has 0 aliphatic carbocycles. The van der Waals surface area contributed by atoms with Crippen molar-refractivity contribution in [2.75, 3.05) is 33.3 Å². The van der Waals surface area contributed by atoms with Crippen molar-refractivity contribution in [3.8, 4) is 29.1 Å². The van der Waals surface area contributed by atoms with Crippen molar-refractivity contribution in [1.82, 2.24) is 0 Å². The van der Waals surface area contributed by atoms with Crippen LogP contribution in [-0.2, 0) is 9.59 Å². The van der Waals surface area contributed by atoms with Gasteiger partial charge in [-0.2, -0.15) is 5.26 Å². The van der Waals surface area contributed by atoms with Gasteiger partial charge in [0.1, 0.15) is 17.3 Å². The third-order valence-corrected chi connectivity index (χ3v) is 6.11. The largest absolute Gasteiger partial charge is 0.507 e. The maximum atomic E-state index is 13.4. The highest BCUT2D eigenvalue weighted by Crippen LogP contribution is 2.45. The molecule has 9 nitrogen and oxygen atoms in total. The van der Waals surface area contributed by atoms with Gasteiger partial charge in [-0.3, -0.25) is 14.5 Å². The average Bonchev–Trinajstić information content (AvgIpc) is 3.21. The number of Topliss-reactive ketones (excluding diaryl/α,β-unsaturated/α-hetero) is 1. The smallest absolute Gasteiger partial charge is 0.300 e. The van der Waals surface area contributed by atoms with Gasteiger partial charge >= 0.3 is 0 Å². The number of amides is 1. The number of hydrogen-bond acceptors (Lipinski definition) is 8. The van der Waals surface area contributed by atoms with Crippen LogP contribution in [-0.4, -0.2) is 45.2 Å². The van der Waals surface area contributed by atoms with Crippen LogP contribution >= 0.6 is 0 Å². The van der Waals surface area contributed by atoms with Gasteiger partial charge in [-0.15, -0.1) is 0 Å². The molecule has 0 aromatic heterocycles. The summed E-state index contributed by atoms with van der Waals surface area (Å²) in [7, 11) is 5.89. The van der Waals surface area contributed by atoms with Crippen molar-refractivity contribution in [1.29, 1.82) is 5.26 Å². The van der Waals surface area contributed by atoms with E-state index in [1.54, 1.807) is 60.7 Å². The Morgan fingerprint density at radius 3 is 2.11 bits per heavy atom. The van der Waals surface area contributed by atoms with Gasteiger partial charge in [0, 0.05) is 11.8 Å². The summed E-state index contributed by atoms with van der Waals surface area (Å²) in [5, 5.41) is 20.6. The van der Waals surface area contributed by atoms with E-state index in [1.807, 2.05) is 6.07 Å². The van der Waals surface area contributed by atoms with Crippen LogP contribution in [0.25, 0.3) is 5.76 Å². The van der Waals surface area contributed by atoms with Gasteiger partial charge in [-0.25, -0.2) is 0 Å². The fraction of sp³-hybridized carbons (Fsp3) is 0.179. The van der Waals surface area contributed by atoms with Crippen molar-refractivity contribution >= 4 is 23.1 Å². The molecule has 1 unspecified atom stereocenters. The van der Waals surface area contributed by atoms with E-state index in [2.05, 4.69) is 0 Å². The number of ether oxygens (including phenoxy) is 4. The number of hydrogen-bond donors (Lipinski definition) is 1. The van der Waals surface area contributed by atoms with E-state index in [0.29, 0.717) is 34.1 Å². The van der Waals surface area contributed by atoms with Crippen LogP contribution in [0.15, 0.2) is 66.2 Å². The summed E-state index contributed by atoms with van der Waals surface area (Å²) in [5.41, 5.74) is 1.35. The second-order valence-corrected chi connectivity index (χ2v) is 8.01. The molecule has 3 aromatic carbocycles. The van der Waals surface area contributed by atoms with Crippen LogP contribution in [0, 0.1) is 11.3 Å². The average molecular weight is 501 g/mol. The second-order valence-electron chi connectivity index (χ2n) is 8.01. The van der Waals surface area contributed by atoms with E-state index in [-0.39, 0.29) is 16.9 Å². The van der Waals surface area contributed by atoms with Crippen molar-refractivity contribution in [2.45, 2.75) is 6.04 Å². The molecule has 1 N–H and O–H groups in total. The Morgan fingerprint density at radius 2 is 1.51 bits per heavy atom. The zero-order chi connectivity index (χ0) is 26.7. The summed E-state index contributed by atoms with van der Waals surface area (Å²) in [6.45, 7) is 0. The Morgan fingerprint density at radius 1 is 0.838 bits per heavy atom. The van der Waals surface area contributed by atoms with Gasteiger partial charge in [0.15, 0.2) is 11.5 Å². The molecule has 1 saturated heterocycles. The van der Waals surface area contributed by atoms with Crippen LogP contribution in [0.4, 0.5) is 5.69 Å². The Kier molecular flexibility index (Phi) is 7.02. The summed E-state index contributed by atoms with van der Waals surface area (Å²) in [4.78, 5) is 28.1. The minimum absolute atomic E-state index is 0.134. The van der Waals surface area contributed by atoms with Crippen molar-refractivity contribution in [2.24, 2.45) is 0 Å². The molecule has 0 bridgehead atoms. The summed E-state index contributed by atoms with van der Waals surface area (Å²) >= 11 is 0. The predicted molar refractivity (Wildman–Crippen MR) is 135 cm³/mol. The third-order valence-electron chi connectivity index (χ3n) is 6.11. The molecule has 1 heterocycles. The highest BCUT2D eigenvalue weighted by Gasteiger charge is 2.47. The molecule has 0 radical (unpaired) electrons. The number of aliphatic hydroxyl groups is 1. The normalized spacial score (nSPS) is 16.3. The number of aliphatic hydroxyl groups excluding tert-OH is 1. The zero-order valence-corrected chi connectivity index (χ0v) is 20.6. The van der Waals surface area contributed by atoms with Crippen LogP contribution in [0.2, 0.25) is 0 Å². The first-order valence-electron chi connectivity index (χ1n) is 11.1. The summed E-state index contributed by atoms with van der Waals surface area (Å²) in [6, 6.07) is 17.0. The number of ketones is 1. The van der Waals surface area contributed by atoms with Crippen LogP contribution in [0.3, 0.4) is 0 Å². The summed E-state index contributed by atoms with van der Waals surface area (Å²) in [5.74, 6) is -0.534. The summed E-state index contributed by atoms with van der Waals surface area (Å²) in [6.07, 6.45) is 0. The lowest BCUT2D eigenvalue weighted by molar-refractivity contribution is -0.132. The molecule has 1 aliphatic rings. The monoisotopic (exact) mass is 500 g/mol. The lowest BCUT2D eigenvalue weighted by Crippen LogP contribution is -2.29. The van der Waals surface area contributed by atoms with Gasteiger partial charge in [0.25, 0.3) is 11.7 Å². The molecule has 4 rings (SSSR count). The van der Waals surface area contributed by atoms with Crippen molar-refractivity contribution in [3.05, 3.63) is 82.9 Å². The van der Waals surface area contributed by atoms with E-state index in [4.69, 9.17) is 18.9 Å². The number of nitriles is 1. The molecule has 1 aliphatic heterocycles. The van der Waals surface area contributed by atoms with Crippen LogP contribution < -0.4 is 23.8 Å². The maximum absolute atomic E-state index is 13.4. The molecule has 188 valence electrons. The van der Waals surface area contributed by atoms with Crippen molar-refractivity contribution < 1.29 is 33.6 Å². The van der Waals surface area contributed by atoms with Crippen LogP contribution in [0.5, 0.6) is 23.0 Å². The van der Waals surface area contributed by atoms with Gasteiger partial charge in [0.2, 0.25) is 0 Å². The maximum Gasteiger partial charge on any atom is 0.300 e. The highest BCUT2D eigenvalue weighted by atomic mass is 16.5. The Balaban J connectivity index is 1.98. The molecule has 9 heteroatoms. The number of methoxy groups -OCH3 is 4. The second kappa shape index (κ2) is 10.3. The van der Waals surface area contributed by atoms with Gasteiger partial charge in [-0.05, 0) is 54.1 Å². The minimum atomic E-state index is -1.01. The molecule has 1 amide bonds. The lowest BCUT2D eigenvalue weighted by Gasteiger charge is -2.26. The molecular weight excluding hydrogens is 476 g/mol. The molecule has 0 saturated carbocycles. The van der Waals surface area contributed by atoms with Gasteiger partial charge in [0.05, 0.1) is 57.3 Å². The molecule has 1 fully saturated rings. The third kappa shape index (κ3) is 4.41. The standard InChI is InChI=1S/C28H24N2O7/c1-34-19-10-11-20(22(14-19)36-3)26(31)24-25(17-7-12-21(35-2)23(13-17)37-4)30(28(33)27(24)32)18-8-5-16(15-29)6-9-18/h5-14,25,31H,1-4H3/b26-24+. The first-order chi connectivity index (χ1) is 17.9. The number of rotatable bonds is 7. The topological polar surface area (TPSA) is 118 Å². The lowest BCUT2D eigenvalue weighted by atomic mass is 9.94. The Hall–Kier alpha value is -4.97. The number of anilines is 1. The highest BCUT2D eigenvalue weighted by molar-refractivity contribution is 6.51. The molecule has 37 heavy (non-hydrogen) atoms. The van der Waals surface area contributed by atoms with Crippen LogP contribution in [0.1, 0.15) is 22.7 Å². The fourth-order valence-electron chi connectivity index (χ4n) is 4.27. The van der Waals surface area contributed by atoms with E-state index < -0.39 is 23.5 Å². The first-order valence-corrected chi connectivity index (χ1v) is 11.1. The van der Waals surface area contributed by atoms with Gasteiger partial charge < -0.3 is 24.1 Å². The van der Waals surface area contributed by atoms with E-state index in [9.17, 15) is 20.0 Å².